The summed E-state index contributed by atoms with van der Waals surface area (Å²) in [4.78, 5) is 4.05. The maximum Gasteiger partial charge on any atom is 0.0437 e. The van der Waals surface area contributed by atoms with Gasteiger partial charge in [-0.05, 0) is 45.6 Å². The molecule has 0 amide bonds. The first kappa shape index (κ1) is 9.41. The van der Waals surface area contributed by atoms with Gasteiger partial charge < -0.3 is 0 Å². The van der Waals surface area contributed by atoms with Gasteiger partial charge >= 0.3 is 0 Å². The highest BCUT2D eigenvalue weighted by molar-refractivity contribution is 9.10. The summed E-state index contributed by atoms with van der Waals surface area (Å²) in [7, 11) is 0. The van der Waals surface area contributed by atoms with E-state index in [9.17, 15) is 0 Å². The molecule has 0 fully saturated rings. The molecule has 0 atom stereocenters. The van der Waals surface area contributed by atoms with E-state index in [0.717, 1.165) is 4.47 Å². The van der Waals surface area contributed by atoms with Crippen molar-refractivity contribution in [3.05, 3.63) is 52.8 Å². The maximum absolute atomic E-state index is 4.05. The molecule has 0 bridgehead atoms. The third kappa shape index (κ3) is 1.70. The summed E-state index contributed by atoms with van der Waals surface area (Å²) in [6, 6.07) is 10.4. The van der Waals surface area contributed by atoms with Crippen molar-refractivity contribution < 1.29 is 0 Å². The first-order valence-electron chi connectivity index (χ1n) is 4.44. The van der Waals surface area contributed by atoms with Crippen molar-refractivity contribution >= 4 is 15.9 Å². The van der Waals surface area contributed by atoms with Crippen molar-refractivity contribution in [1.82, 2.24) is 4.98 Å². The molecule has 0 aliphatic rings. The molecule has 0 aliphatic heterocycles. The molecule has 2 rings (SSSR count). The normalized spacial score (nSPS) is 10.1. The molecule has 0 saturated heterocycles. The van der Waals surface area contributed by atoms with E-state index in [1.807, 2.05) is 24.5 Å². The number of halogens is 1. The molecule has 1 aromatic heterocycles. The zero-order chi connectivity index (χ0) is 9.97. The van der Waals surface area contributed by atoms with Crippen molar-refractivity contribution in [2.75, 3.05) is 0 Å². The van der Waals surface area contributed by atoms with Gasteiger partial charge in [-0.3, -0.25) is 4.98 Å². The highest BCUT2D eigenvalue weighted by Crippen LogP contribution is 2.29. The van der Waals surface area contributed by atoms with E-state index < -0.39 is 0 Å². The van der Waals surface area contributed by atoms with E-state index in [-0.39, 0.29) is 0 Å². The fourth-order valence-electron chi connectivity index (χ4n) is 1.47. The van der Waals surface area contributed by atoms with Crippen LogP contribution < -0.4 is 0 Å². The largest absolute Gasteiger partial charge is 0.264 e. The molecule has 2 aromatic rings. The van der Waals surface area contributed by atoms with Crippen molar-refractivity contribution in [2.24, 2.45) is 0 Å². The van der Waals surface area contributed by atoms with Crippen molar-refractivity contribution in [3.8, 4) is 11.1 Å². The van der Waals surface area contributed by atoms with Gasteiger partial charge in [0.2, 0.25) is 0 Å². The van der Waals surface area contributed by atoms with E-state index in [2.05, 4.69) is 46.0 Å². The van der Waals surface area contributed by atoms with Gasteiger partial charge in [0.05, 0.1) is 0 Å². The number of hydrogen-bond acceptors (Lipinski definition) is 1. The highest BCUT2D eigenvalue weighted by Gasteiger charge is 2.03. The number of hydrogen-bond donors (Lipinski definition) is 0. The molecule has 0 spiro atoms. The monoisotopic (exact) mass is 247 g/mol. The number of rotatable bonds is 1. The van der Waals surface area contributed by atoms with E-state index in [1.165, 1.54) is 16.7 Å². The summed E-state index contributed by atoms with van der Waals surface area (Å²) in [6.45, 7) is 2.11. The Balaban J connectivity index is 2.61. The van der Waals surface area contributed by atoms with Gasteiger partial charge in [-0.1, -0.05) is 24.3 Å². The average molecular weight is 248 g/mol. The lowest BCUT2D eigenvalue weighted by Crippen LogP contribution is -1.84. The minimum Gasteiger partial charge on any atom is -0.264 e. The van der Waals surface area contributed by atoms with Gasteiger partial charge in [-0.25, -0.2) is 0 Å². The quantitative estimate of drug-likeness (QED) is 0.747. The van der Waals surface area contributed by atoms with E-state index in [0.29, 0.717) is 0 Å². The zero-order valence-corrected chi connectivity index (χ0v) is 9.45. The van der Waals surface area contributed by atoms with Crippen LogP contribution >= 0.6 is 15.9 Å². The number of aromatic nitrogens is 1. The fourth-order valence-corrected chi connectivity index (χ4v) is 1.93. The second-order valence-corrected chi connectivity index (χ2v) is 4.02. The van der Waals surface area contributed by atoms with Crippen LogP contribution in [0.2, 0.25) is 0 Å². The summed E-state index contributed by atoms with van der Waals surface area (Å²) in [5, 5.41) is 0. The molecule has 0 N–H and O–H groups in total. The third-order valence-corrected chi connectivity index (χ3v) is 2.84. The van der Waals surface area contributed by atoms with Crippen LogP contribution in [0.4, 0.5) is 0 Å². The molecule has 14 heavy (non-hydrogen) atoms. The zero-order valence-electron chi connectivity index (χ0n) is 7.87. The lowest BCUT2D eigenvalue weighted by atomic mass is 10.0. The average Bonchev–Trinajstić information content (AvgIpc) is 2.20. The Kier molecular flexibility index (Phi) is 2.64. The Morgan fingerprint density at radius 1 is 1.07 bits per heavy atom. The predicted molar refractivity (Wildman–Crippen MR) is 62.1 cm³/mol. The van der Waals surface area contributed by atoms with E-state index in [1.54, 1.807) is 0 Å². The SMILES string of the molecule is Cc1ccccc1-c1ccncc1Br. The summed E-state index contributed by atoms with van der Waals surface area (Å²) in [6.07, 6.45) is 3.63. The Labute approximate surface area is 91.9 Å². The van der Waals surface area contributed by atoms with Crippen LogP contribution in [-0.2, 0) is 0 Å². The summed E-state index contributed by atoms with van der Waals surface area (Å²) >= 11 is 3.50. The van der Waals surface area contributed by atoms with Gasteiger partial charge in [0.15, 0.2) is 0 Å². The van der Waals surface area contributed by atoms with Gasteiger partial charge in [0, 0.05) is 16.9 Å². The second kappa shape index (κ2) is 3.93. The minimum atomic E-state index is 1.04. The summed E-state index contributed by atoms with van der Waals surface area (Å²) in [5.74, 6) is 0. The predicted octanol–water partition coefficient (Wildman–Crippen LogP) is 3.82. The number of aryl methyl sites for hydroxylation is 1. The molecular formula is C12H10BrN. The van der Waals surface area contributed by atoms with Crippen LogP contribution in [0.5, 0.6) is 0 Å². The molecule has 0 saturated carbocycles. The van der Waals surface area contributed by atoms with Crippen LogP contribution in [0.25, 0.3) is 11.1 Å². The van der Waals surface area contributed by atoms with Crippen molar-refractivity contribution in [2.45, 2.75) is 6.92 Å². The van der Waals surface area contributed by atoms with Crippen LogP contribution in [0.3, 0.4) is 0 Å². The van der Waals surface area contributed by atoms with Crippen LogP contribution in [0.15, 0.2) is 47.2 Å². The number of nitrogens with zero attached hydrogens (tertiary/aromatic N) is 1. The topological polar surface area (TPSA) is 12.9 Å². The standard InChI is InChI=1S/C12H10BrN/c1-9-4-2-3-5-10(9)11-6-7-14-8-12(11)13/h2-8H,1H3. The smallest absolute Gasteiger partial charge is 0.0437 e. The van der Waals surface area contributed by atoms with Gasteiger partial charge in [-0.15, -0.1) is 0 Å². The summed E-state index contributed by atoms with van der Waals surface area (Å²) < 4.78 is 1.04. The third-order valence-electron chi connectivity index (χ3n) is 2.21. The first-order chi connectivity index (χ1) is 6.79. The lowest BCUT2D eigenvalue weighted by molar-refractivity contribution is 1.30. The Morgan fingerprint density at radius 3 is 2.57 bits per heavy atom. The molecule has 0 radical (unpaired) electrons. The minimum absolute atomic E-state index is 1.04. The van der Waals surface area contributed by atoms with E-state index >= 15 is 0 Å². The molecule has 1 heterocycles. The van der Waals surface area contributed by atoms with E-state index in [4.69, 9.17) is 0 Å². The van der Waals surface area contributed by atoms with Crippen molar-refractivity contribution in [3.63, 3.8) is 0 Å². The number of benzene rings is 1. The van der Waals surface area contributed by atoms with Crippen LogP contribution in [0.1, 0.15) is 5.56 Å². The summed E-state index contributed by atoms with van der Waals surface area (Å²) in [5.41, 5.74) is 3.72. The molecule has 0 unspecified atom stereocenters. The Morgan fingerprint density at radius 2 is 1.86 bits per heavy atom. The maximum atomic E-state index is 4.05. The molecular weight excluding hydrogens is 238 g/mol. The fraction of sp³-hybridized carbons (Fsp3) is 0.0833. The van der Waals surface area contributed by atoms with Gasteiger partial charge in [0.25, 0.3) is 0 Å². The lowest BCUT2D eigenvalue weighted by Gasteiger charge is -2.06. The first-order valence-corrected chi connectivity index (χ1v) is 5.24. The molecule has 1 nitrogen and oxygen atoms in total. The molecule has 70 valence electrons. The molecule has 0 aliphatic carbocycles. The Bertz CT molecular complexity index is 408. The second-order valence-electron chi connectivity index (χ2n) is 3.17. The van der Waals surface area contributed by atoms with Gasteiger partial charge in [0.1, 0.15) is 0 Å². The molecule has 1 aromatic carbocycles. The van der Waals surface area contributed by atoms with Crippen LogP contribution in [0, 0.1) is 6.92 Å². The van der Waals surface area contributed by atoms with Crippen LogP contribution in [-0.4, -0.2) is 4.98 Å². The van der Waals surface area contributed by atoms with Gasteiger partial charge in [-0.2, -0.15) is 0 Å². The number of pyridine rings is 1. The highest BCUT2D eigenvalue weighted by atomic mass is 79.9. The van der Waals surface area contributed by atoms with Crippen molar-refractivity contribution in [1.29, 1.82) is 0 Å². The molecule has 2 heteroatoms. The Hall–Kier alpha value is -1.15.